The average molecular weight is 450 g/mol. The van der Waals surface area contributed by atoms with E-state index < -0.39 is 5.60 Å². The molecule has 1 aliphatic heterocycles. The second kappa shape index (κ2) is 10.1. The number of hydrogen-bond donors (Lipinski definition) is 2. The Morgan fingerprint density at radius 1 is 1.24 bits per heavy atom. The van der Waals surface area contributed by atoms with E-state index in [1.807, 2.05) is 24.4 Å². The van der Waals surface area contributed by atoms with Crippen molar-refractivity contribution in [3.05, 3.63) is 60.6 Å². The Hall–Kier alpha value is -3.23. The monoisotopic (exact) mass is 449 g/mol. The van der Waals surface area contributed by atoms with Gasteiger partial charge in [0.05, 0.1) is 17.7 Å². The fourth-order valence-corrected chi connectivity index (χ4v) is 4.30. The summed E-state index contributed by atoms with van der Waals surface area (Å²) in [5.74, 6) is 0.509. The molecule has 1 aliphatic rings. The standard InChI is InChI=1S/C25H31N5O3/c1-29(24(31)19-4-2-5-20(16-19)33-15-3-10-26)18-25(32)8-13-30(14-9-25)23-7-12-28-22-6-11-27-17-21(22)23/h2,4-7,11-12,16-17,32H,3,8-10,13-15,18,26H2,1H3. The minimum absolute atomic E-state index is 0.138. The van der Waals surface area contributed by atoms with Gasteiger partial charge in [-0.3, -0.25) is 14.8 Å². The van der Waals surface area contributed by atoms with E-state index in [1.165, 1.54) is 0 Å². The quantitative estimate of drug-likeness (QED) is 0.509. The SMILES string of the molecule is CN(CC1(O)CCN(c2ccnc3ccncc23)CC1)C(=O)c1cccc(OCCCN)c1. The van der Waals surface area contributed by atoms with Gasteiger partial charge in [-0.05, 0) is 56.1 Å². The van der Waals surface area contributed by atoms with E-state index in [2.05, 4.69) is 14.9 Å². The topological polar surface area (TPSA) is 105 Å². The van der Waals surface area contributed by atoms with E-state index in [-0.39, 0.29) is 12.5 Å². The van der Waals surface area contributed by atoms with Crippen molar-refractivity contribution in [2.45, 2.75) is 24.9 Å². The molecule has 33 heavy (non-hydrogen) atoms. The molecule has 3 N–H and O–H groups in total. The van der Waals surface area contributed by atoms with Crippen molar-refractivity contribution in [3.8, 4) is 5.75 Å². The first-order chi connectivity index (χ1) is 16.0. The number of benzene rings is 1. The fraction of sp³-hybridized carbons (Fsp3) is 0.400. The molecule has 0 bridgehead atoms. The molecule has 8 heteroatoms. The first-order valence-electron chi connectivity index (χ1n) is 11.3. The van der Waals surface area contributed by atoms with Crippen molar-refractivity contribution in [1.29, 1.82) is 0 Å². The first-order valence-corrected chi connectivity index (χ1v) is 11.3. The molecule has 3 heterocycles. The zero-order chi connectivity index (χ0) is 23.3. The van der Waals surface area contributed by atoms with Crippen molar-refractivity contribution in [3.63, 3.8) is 0 Å². The molecule has 1 fully saturated rings. The Morgan fingerprint density at radius 3 is 2.85 bits per heavy atom. The van der Waals surface area contributed by atoms with Crippen LogP contribution in [-0.2, 0) is 0 Å². The molecule has 1 saturated heterocycles. The van der Waals surface area contributed by atoms with E-state index in [0.717, 1.165) is 23.0 Å². The highest BCUT2D eigenvalue weighted by molar-refractivity contribution is 5.94. The number of nitrogens with two attached hydrogens (primary N) is 1. The number of piperidine rings is 1. The lowest BCUT2D eigenvalue weighted by atomic mass is 9.90. The van der Waals surface area contributed by atoms with E-state index >= 15 is 0 Å². The smallest absolute Gasteiger partial charge is 0.253 e. The third-order valence-electron chi connectivity index (χ3n) is 6.13. The number of aliphatic hydroxyl groups is 1. The van der Waals surface area contributed by atoms with Crippen LogP contribution in [-0.4, -0.2) is 71.3 Å². The lowest BCUT2D eigenvalue weighted by Crippen LogP contribution is -2.51. The number of aromatic nitrogens is 2. The summed E-state index contributed by atoms with van der Waals surface area (Å²) in [4.78, 5) is 25.5. The van der Waals surface area contributed by atoms with E-state index in [4.69, 9.17) is 10.5 Å². The Balaban J connectivity index is 1.37. The summed E-state index contributed by atoms with van der Waals surface area (Å²) in [5, 5.41) is 12.2. The number of rotatable bonds is 8. The van der Waals surface area contributed by atoms with Gasteiger partial charge in [0.2, 0.25) is 0 Å². The summed E-state index contributed by atoms with van der Waals surface area (Å²) < 4.78 is 5.66. The number of pyridine rings is 2. The molecule has 3 aromatic rings. The van der Waals surface area contributed by atoms with Gasteiger partial charge >= 0.3 is 0 Å². The lowest BCUT2D eigenvalue weighted by Gasteiger charge is -2.41. The van der Waals surface area contributed by atoms with Crippen molar-refractivity contribution < 1.29 is 14.6 Å². The number of hydrogen-bond acceptors (Lipinski definition) is 7. The number of fused-ring (bicyclic) bond motifs is 1. The number of amides is 1. The van der Waals surface area contributed by atoms with E-state index in [1.54, 1.807) is 42.5 Å². The van der Waals surface area contributed by atoms with Gasteiger partial charge in [0.25, 0.3) is 5.91 Å². The number of carbonyl (C=O) groups excluding carboxylic acids is 1. The molecule has 8 nitrogen and oxygen atoms in total. The van der Waals surface area contributed by atoms with E-state index in [0.29, 0.717) is 50.4 Å². The molecular weight excluding hydrogens is 418 g/mol. The van der Waals surface area contributed by atoms with Crippen molar-refractivity contribution in [1.82, 2.24) is 14.9 Å². The largest absolute Gasteiger partial charge is 0.494 e. The van der Waals surface area contributed by atoms with Crippen LogP contribution in [0.1, 0.15) is 29.6 Å². The Kier molecular flexibility index (Phi) is 7.05. The van der Waals surface area contributed by atoms with E-state index in [9.17, 15) is 9.90 Å². The molecule has 0 saturated carbocycles. The minimum atomic E-state index is -0.933. The third-order valence-corrected chi connectivity index (χ3v) is 6.13. The van der Waals surface area contributed by atoms with Crippen LogP contribution in [0.15, 0.2) is 55.0 Å². The minimum Gasteiger partial charge on any atom is -0.494 e. The van der Waals surface area contributed by atoms with Gasteiger partial charge in [-0.15, -0.1) is 0 Å². The number of anilines is 1. The van der Waals surface area contributed by atoms with Gasteiger partial charge < -0.3 is 25.4 Å². The molecule has 0 atom stereocenters. The van der Waals surface area contributed by atoms with Gasteiger partial charge in [0.1, 0.15) is 5.75 Å². The second-order valence-electron chi connectivity index (χ2n) is 8.61. The lowest BCUT2D eigenvalue weighted by molar-refractivity contribution is -0.00799. The predicted octanol–water partition coefficient (Wildman–Crippen LogP) is 2.46. The molecule has 0 spiro atoms. The molecule has 0 unspecified atom stereocenters. The van der Waals surface area contributed by atoms with Gasteiger partial charge in [0.15, 0.2) is 0 Å². The highest BCUT2D eigenvalue weighted by Gasteiger charge is 2.35. The Labute approximate surface area is 194 Å². The summed E-state index contributed by atoms with van der Waals surface area (Å²) in [6.45, 7) is 2.74. The van der Waals surface area contributed by atoms with Crippen LogP contribution in [0.2, 0.25) is 0 Å². The van der Waals surface area contributed by atoms with Crippen molar-refractivity contribution in [2.75, 3.05) is 44.7 Å². The van der Waals surface area contributed by atoms with Crippen molar-refractivity contribution in [2.24, 2.45) is 5.73 Å². The van der Waals surface area contributed by atoms with Gasteiger partial charge in [-0.2, -0.15) is 0 Å². The number of nitrogens with zero attached hydrogens (tertiary/aromatic N) is 4. The van der Waals surface area contributed by atoms with Crippen LogP contribution >= 0.6 is 0 Å². The zero-order valence-corrected chi connectivity index (χ0v) is 19.0. The summed E-state index contributed by atoms with van der Waals surface area (Å²) in [6.07, 6.45) is 7.27. The van der Waals surface area contributed by atoms with Crippen molar-refractivity contribution >= 4 is 22.5 Å². The molecule has 174 valence electrons. The molecule has 4 rings (SSSR count). The number of likely N-dealkylation sites (N-methyl/N-ethyl adjacent to an activating group) is 1. The molecule has 1 amide bonds. The highest BCUT2D eigenvalue weighted by Crippen LogP contribution is 2.31. The summed E-state index contributed by atoms with van der Waals surface area (Å²) >= 11 is 0. The van der Waals surface area contributed by atoms with Crippen LogP contribution in [0.3, 0.4) is 0 Å². The zero-order valence-electron chi connectivity index (χ0n) is 19.0. The van der Waals surface area contributed by atoms with Gasteiger partial charge in [-0.25, -0.2) is 0 Å². The molecule has 2 aromatic heterocycles. The first kappa shape index (κ1) is 22.9. The van der Waals surface area contributed by atoms with Crippen LogP contribution in [0.25, 0.3) is 10.9 Å². The fourth-order valence-electron chi connectivity index (χ4n) is 4.30. The highest BCUT2D eigenvalue weighted by atomic mass is 16.5. The molecule has 1 aromatic carbocycles. The maximum absolute atomic E-state index is 13.0. The normalized spacial score (nSPS) is 15.4. The predicted molar refractivity (Wildman–Crippen MR) is 129 cm³/mol. The Bertz CT molecular complexity index is 1090. The maximum Gasteiger partial charge on any atom is 0.253 e. The van der Waals surface area contributed by atoms with Crippen LogP contribution in [0.4, 0.5) is 5.69 Å². The van der Waals surface area contributed by atoms with Gasteiger partial charge in [0, 0.05) is 61.9 Å². The van der Waals surface area contributed by atoms with Gasteiger partial charge in [-0.1, -0.05) is 6.07 Å². The third kappa shape index (κ3) is 5.40. The molecular formula is C25H31N5O3. The molecule has 0 aliphatic carbocycles. The summed E-state index contributed by atoms with van der Waals surface area (Å²) in [7, 11) is 1.73. The van der Waals surface area contributed by atoms with Crippen LogP contribution in [0, 0.1) is 0 Å². The maximum atomic E-state index is 13.0. The van der Waals surface area contributed by atoms with Crippen LogP contribution < -0.4 is 15.4 Å². The Morgan fingerprint density at radius 2 is 2.06 bits per heavy atom. The second-order valence-corrected chi connectivity index (χ2v) is 8.61. The summed E-state index contributed by atoms with van der Waals surface area (Å²) in [6, 6.07) is 11.0. The summed E-state index contributed by atoms with van der Waals surface area (Å²) in [5.41, 5.74) is 7.09. The number of ether oxygens (including phenoxy) is 1. The molecule has 0 radical (unpaired) electrons. The average Bonchev–Trinajstić information content (AvgIpc) is 2.84. The number of carbonyl (C=O) groups is 1. The van der Waals surface area contributed by atoms with Crippen LogP contribution in [0.5, 0.6) is 5.75 Å².